The van der Waals surface area contributed by atoms with E-state index in [1.807, 2.05) is 66.7 Å². The molecular formula is C36H24F2N6O2S3. The van der Waals surface area contributed by atoms with Crippen LogP contribution in [0.2, 0.25) is 0 Å². The maximum atomic E-state index is 13.4. The van der Waals surface area contributed by atoms with Crippen LogP contribution < -0.4 is 10.9 Å². The Bertz CT molecular complexity index is 2190. The molecule has 0 unspecified atom stereocenters. The van der Waals surface area contributed by atoms with Crippen molar-refractivity contribution in [3.05, 3.63) is 155 Å². The number of pyridine rings is 2. The molecule has 0 radical (unpaired) electrons. The van der Waals surface area contributed by atoms with Gasteiger partial charge in [-0.3, -0.25) is 9.59 Å². The zero-order chi connectivity index (χ0) is 34.0. The van der Waals surface area contributed by atoms with Crippen LogP contribution in [-0.4, -0.2) is 34.2 Å². The summed E-state index contributed by atoms with van der Waals surface area (Å²) in [6.45, 7) is 0. The number of halogens is 2. The van der Waals surface area contributed by atoms with E-state index in [1.165, 1.54) is 77.5 Å². The standard InChI is InChI=1S/C36H24F2N6O2S3/c37-27-8-2-6-25(18-27)35(45)43-40-21-23-5-1-10-29(17-23)47-32-12-4-11-31(42-32)24-15-16-39-33(20-24)49-34-14-13-30(48-34)22-41-44-36(46)26-7-3-9-28(38)19-26/h1-22H,(H,43,45)(H,44,46). The number of nitrogens with one attached hydrogen (secondary N) is 2. The molecule has 0 aliphatic rings. The van der Waals surface area contributed by atoms with Crippen molar-refractivity contribution in [2.45, 2.75) is 19.2 Å². The molecule has 0 aliphatic carbocycles. The minimum Gasteiger partial charge on any atom is -0.267 e. The summed E-state index contributed by atoms with van der Waals surface area (Å²) in [5, 5.41) is 9.59. The van der Waals surface area contributed by atoms with Gasteiger partial charge in [0.2, 0.25) is 0 Å². The summed E-state index contributed by atoms with van der Waals surface area (Å²) >= 11 is 4.48. The number of carbonyl (C=O) groups is 2. The summed E-state index contributed by atoms with van der Waals surface area (Å²) in [6.07, 6.45) is 4.81. The summed E-state index contributed by atoms with van der Waals surface area (Å²) in [7, 11) is 0. The number of carbonyl (C=O) groups excluding carboxylic acids is 2. The Labute approximate surface area is 292 Å². The van der Waals surface area contributed by atoms with Gasteiger partial charge in [0.15, 0.2) is 0 Å². The number of aromatic nitrogens is 2. The van der Waals surface area contributed by atoms with Crippen LogP contribution in [0.1, 0.15) is 31.2 Å². The van der Waals surface area contributed by atoms with Gasteiger partial charge in [-0.15, -0.1) is 11.3 Å². The van der Waals surface area contributed by atoms with Gasteiger partial charge in [-0.05, 0) is 90.5 Å². The van der Waals surface area contributed by atoms with Gasteiger partial charge in [0.25, 0.3) is 11.8 Å². The molecule has 8 nitrogen and oxygen atoms in total. The molecule has 3 aromatic heterocycles. The fraction of sp³-hybridized carbons (Fsp3) is 0. The summed E-state index contributed by atoms with van der Waals surface area (Å²) in [6, 6.07) is 32.0. The molecule has 0 aliphatic heterocycles. The van der Waals surface area contributed by atoms with Gasteiger partial charge in [0.1, 0.15) is 21.7 Å². The van der Waals surface area contributed by atoms with Crippen molar-refractivity contribution in [2.75, 3.05) is 0 Å². The highest BCUT2D eigenvalue weighted by Crippen LogP contribution is 2.34. The SMILES string of the molecule is O=C(NN=Cc1cccc(Sc2cccc(-c3ccnc(Sc4ccc(C=NNC(=O)c5cccc(F)c5)s4)c3)n2)c1)c1cccc(F)c1. The second-order valence-electron chi connectivity index (χ2n) is 10.1. The van der Waals surface area contributed by atoms with E-state index in [-0.39, 0.29) is 11.1 Å². The minimum atomic E-state index is -0.503. The van der Waals surface area contributed by atoms with E-state index >= 15 is 0 Å². The molecule has 3 heterocycles. The molecule has 242 valence electrons. The largest absolute Gasteiger partial charge is 0.271 e. The molecule has 0 fully saturated rings. The summed E-state index contributed by atoms with van der Waals surface area (Å²) < 4.78 is 27.8. The van der Waals surface area contributed by atoms with Crippen LogP contribution in [0.4, 0.5) is 8.78 Å². The van der Waals surface area contributed by atoms with E-state index in [0.29, 0.717) is 0 Å². The highest BCUT2D eigenvalue weighted by atomic mass is 32.2. The number of hydrogen-bond donors (Lipinski definition) is 2. The fourth-order valence-corrected chi connectivity index (χ4v) is 7.14. The topological polar surface area (TPSA) is 109 Å². The predicted molar refractivity (Wildman–Crippen MR) is 189 cm³/mol. The van der Waals surface area contributed by atoms with Crippen molar-refractivity contribution in [3.8, 4) is 11.3 Å². The Kier molecular flexibility index (Phi) is 11.0. The second kappa shape index (κ2) is 16.1. The third-order valence-electron chi connectivity index (χ3n) is 6.55. The van der Waals surface area contributed by atoms with Gasteiger partial charge in [0, 0.05) is 32.7 Å². The molecular weight excluding hydrogens is 683 g/mol. The first-order valence-corrected chi connectivity index (χ1v) is 17.0. The van der Waals surface area contributed by atoms with Gasteiger partial charge >= 0.3 is 0 Å². The molecule has 0 spiro atoms. The predicted octanol–water partition coefficient (Wildman–Crippen LogP) is 8.31. The number of hydrogen-bond acceptors (Lipinski definition) is 9. The Morgan fingerprint density at radius 2 is 1.39 bits per heavy atom. The van der Waals surface area contributed by atoms with Crippen LogP contribution >= 0.6 is 34.9 Å². The van der Waals surface area contributed by atoms with Gasteiger partial charge < -0.3 is 0 Å². The lowest BCUT2D eigenvalue weighted by atomic mass is 10.2. The Balaban J connectivity index is 1.06. The first-order valence-electron chi connectivity index (χ1n) is 14.5. The molecule has 2 amide bonds. The molecule has 0 atom stereocenters. The first-order chi connectivity index (χ1) is 23.9. The van der Waals surface area contributed by atoms with Gasteiger partial charge in [0.05, 0.1) is 22.3 Å². The highest BCUT2D eigenvalue weighted by Gasteiger charge is 2.09. The lowest BCUT2D eigenvalue weighted by Crippen LogP contribution is -2.17. The van der Waals surface area contributed by atoms with Crippen molar-refractivity contribution < 1.29 is 18.4 Å². The van der Waals surface area contributed by atoms with Crippen LogP contribution in [0.25, 0.3) is 11.3 Å². The van der Waals surface area contributed by atoms with Crippen LogP contribution in [0, 0.1) is 11.6 Å². The van der Waals surface area contributed by atoms with Crippen molar-refractivity contribution in [1.29, 1.82) is 0 Å². The van der Waals surface area contributed by atoms with Crippen molar-refractivity contribution in [1.82, 2.24) is 20.8 Å². The maximum absolute atomic E-state index is 13.4. The highest BCUT2D eigenvalue weighted by molar-refractivity contribution is 8.01. The van der Waals surface area contributed by atoms with Gasteiger partial charge in [-0.1, -0.05) is 53.9 Å². The monoisotopic (exact) mass is 706 g/mol. The first kappa shape index (κ1) is 33.4. The van der Waals surface area contributed by atoms with E-state index in [2.05, 4.69) is 26.0 Å². The van der Waals surface area contributed by atoms with Crippen molar-refractivity contribution in [3.63, 3.8) is 0 Å². The summed E-state index contributed by atoms with van der Waals surface area (Å²) in [4.78, 5) is 35.5. The molecule has 3 aromatic carbocycles. The average molecular weight is 707 g/mol. The van der Waals surface area contributed by atoms with E-state index in [4.69, 9.17) is 4.98 Å². The summed E-state index contributed by atoms with van der Waals surface area (Å²) in [5.74, 6) is -1.98. The lowest BCUT2D eigenvalue weighted by Gasteiger charge is -2.07. The second-order valence-corrected chi connectivity index (χ2v) is 13.6. The van der Waals surface area contributed by atoms with Crippen LogP contribution in [0.3, 0.4) is 0 Å². The normalized spacial score (nSPS) is 11.2. The number of benzene rings is 3. The van der Waals surface area contributed by atoms with E-state index in [1.54, 1.807) is 12.4 Å². The molecule has 0 saturated carbocycles. The zero-order valence-electron chi connectivity index (χ0n) is 25.3. The summed E-state index contributed by atoms with van der Waals surface area (Å²) in [5.41, 5.74) is 7.68. The average Bonchev–Trinajstić information content (AvgIpc) is 3.55. The maximum Gasteiger partial charge on any atom is 0.271 e. The van der Waals surface area contributed by atoms with Crippen LogP contribution in [0.5, 0.6) is 0 Å². The lowest BCUT2D eigenvalue weighted by molar-refractivity contribution is 0.0946. The molecule has 6 rings (SSSR count). The van der Waals surface area contributed by atoms with E-state index in [9.17, 15) is 18.4 Å². The van der Waals surface area contributed by atoms with E-state index < -0.39 is 23.4 Å². The van der Waals surface area contributed by atoms with Crippen molar-refractivity contribution >= 4 is 59.1 Å². The van der Waals surface area contributed by atoms with E-state index in [0.717, 1.165) is 53.0 Å². The van der Waals surface area contributed by atoms with Gasteiger partial charge in [-0.25, -0.2) is 29.6 Å². The van der Waals surface area contributed by atoms with Crippen LogP contribution in [-0.2, 0) is 0 Å². The number of hydrazone groups is 2. The van der Waals surface area contributed by atoms with Crippen molar-refractivity contribution in [2.24, 2.45) is 10.2 Å². The smallest absolute Gasteiger partial charge is 0.267 e. The molecule has 13 heteroatoms. The van der Waals surface area contributed by atoms with Gasteiger partial charge in [-0.2, -0.15) is 10.2 Å². The third kappa shape index (κ3) is 9.54. The third-order valence-corrected chi connectivity index (χ3v) is 9.56. The number of amides is 2. The van der Waals surface area contributed by atoms with Crippen LogP contribution in [0.15, 0.2) is 151 Å². The number of nitrogens with zero attached hydrogens (tertiary/aromatic N) is 4. The molecule has 49 heavy (non-hydrogen) atoms. The quantitative estimate of drug-likeness (QED) is 0.104. The Morgan fingerprint density at radius 3 is 2.12 bits per heavy atom. The Hall–Kier alpha value is -5.50. The number of rotatable bonds is 11. The molecule has 0 bridgehead atoms. The number of thiophene rings is 1. The molecule has 6 aromatic rings. The molecule has 0 saturated heterocycles. The fourth-order valence-electron chi connectivity index (χ4n) is 4.31. The molecule has 2 N–H and O–H groups in total. The zero-order valence-corrected chi connectivity index (χ0v) is 27.7. The minimum absolute atomic E-state index is 0.183. The Morgan fingerprint density at radius 1 is 0.694 bits per heavy atom.